The van der Waals surface area contributed by atoms with Crippen LogP contribution in [0.25, 0.3) is 11.4 Å². The van der Waals surface area contributed by atoms with Crippen LogP contribution in [-0.2, 0) is 22.5 Å². The molecule has 9 heteroatoms. The first kappa shape index (κ1) is 22.0. The molecular formula is C21H22FN3O3S2. The van der Waals surface area contributed by atoms with Gasteiger partial charge in [-0.25, -0.2) is 9.37 Å². The number of halogens is 1. The molecule has 6 nitrogen and oxygen atoms in total. The van der Waals surface area contributed by atoms with Crippen LogP contribution in [0.15, 0.2) is 35.7 Å². The van der Waals surface area contributed by atoms with Crippen LogP contribution in [0.5, 0.6) is 0 Å². The van der Waals surface area contributed by atoms with E-state index in [2.05, 4.69) is 9.72 Å². The summed E-state index contributed by atoms with van der Waals surface area (Å²) in [6.07, 6.45) is 0.710. The second-order valence-corrected chi connectivity index (χ2v) is 8.62. The number of carbonyl (C=O) groups excluding carboxylic acids is 2. The van der Waals surface area contributed by atoms with Crippen LogP contribution in [0.2, 0.25) is 0 Å². The standard InChI is InChI=1S/C21H22FN3O3S2/c1-13-15(21(23)27)9-18(25(13)10-14-5-3-4-6-16(14)22)17-11-30-19(24-17)7-8-29-12-20(26)28-2/h3-6,9,11H,7-8,10,12H2,1-2H3,(H2,23,27). The normalized spacial score (nSPS) is 10.9. The minimum atomic E-state index is -0.532. The highest BCUT2D eigenvalue weighted by atomic mass is 32.2. The number of primary amides is 1. The molecule has 1 aromatic carbocycles. The van der Waals surface area contributed by atoms with Crippen molar-refractivity contribution in [1.82, 2.24) is 9.55 Å². The van der Waals surface area contributed by atoms with Crippen LogP contribution in [0.3, 0.4) is 0 Å². The first-order chi connectivity index (χ1) is 14.4. The van der Waals surface area contributed by atoms with E-state index in [0.29, 0.717) is 40.4 Å². The SMILES string of the molecule is COC(=O)CSCCc1nc(-c2cc(C(N)=O)c(C)n2Cc2ccccc2F)cs1. The number of rotatable bonds is 9. The van der Waals surface area contributed by atoms with E-state index in [0.717, 1.165) is 10.8 Å². The highest BCUT2D eigenvalue weighted by Gasteiger charge is 2.19. The van der Waals surface area contributed by atoms with Crippen LogP contribution >= 0.6 is 23.1 Å². The third-order valence-electron chi connectivity index (χ3n) is 4.64. The summed E-state index contributed by atoms with van der Waals surface area (Å²) in [6.45, 7) is 2.06. The third-order valence-corrected chi connectivity index (χ3v) is 6.48. The molecule has 0 atom stereocenters. The number of thioether (sulfide) groups is 1. The lowest BCUT2D eigenvalue weighted by Crippen LogP contribution is -2.13. The number of methoxy groups -OCH3 is 1. The van der Waals surface area contributed by atoms with Crippen molar-refractivity contribution < 1.29 is 18.7 Å². The zero-order valence-corrected chi connectivity index (χ0v) is 18.3. The number of hydrogen-bond acceptors (Lipinski definition) is 6. The van der Waals surface area contributed by atoms with Crippen molar-refractivity contribution in [2.75, 3.05) is 18.6 Å². The summed E-state index contributed by atoms with van der Waals surface area (Å²) in [4.78, 5) is 27.7. The van der Waals surface area contributed by atoms with E-state index < -0.39 is 5.91 Å². The van der Waals surface area contributed by atoms with E-state index in [-0.39, 0.29) is 18.3 Å². The lowest BCUT2D eigenvalue weighted by molar-refractivity contribution is -0.137. The van der Waals surface area contributed by atoms with E-state index in [4.69, 9.17) is 5.73 Å². The number of esters is 1. The number of benzene rings is 1. The molecule has 30 heavy (non-hydrogen) atoms. The molecule has 158 valence electrons. The Morgan fingerprint density at radius 1 is 1.33 bits per heavy atom. The highest BCUT2D eigenvalue weighted by Crippen LogP contribution is 2.29. The van der Waals surface area contributed by atoms with E-state index >= 15 is 0 Å². The summed E-state index contributed by atoms with van der Waals surface area (Å²) in [5.41, 5.74) is 8.54. The van der Waals surface area contributed by atoms with E-state index in [1.165, 1.54) is 36.3 Å². The van der Waals surface area contributed by atoms with Crippen molar-refractivity contribution in [1.29, 1.82) is 0 Å². The summed E-state index contributed by atoms with van der Waals surface area (Å²) >= 11 is 2.99. The fourth-order valence-electron chi connectivity index (χ4n) is 3.02. The van der Waals surface area contributed by atoms with Gasteiger partial charge in [0.25, 0.3) is 5.91 Å². The molecule has 2 N–H and O–H groups in total. The highest BCUT2D eigenvalue weighted by molar-refractivity contribution is 7.99. The first-order valence-corrected chi connectivity index (χ1v) is 11.3. The lowest BCUT2D eigenvalue weighted by Gasteiger charge is -2.11. The van der Waals surface area contributed by atoms with Gasteiger partial charge in [-0.15, -0.1) is 23.1 Å². The number of nitrogens with zero attached hydrogens (tertiary/aromatic N) is 2. The Labute approximate surface area is 182 Å². The van der Waals surface area contributed by atoms with Crippen molar-refractivity contribution in [3.05, 3.63) is 63.4 Å². The van der Waals surface area contributed by atoms with Gasteiger partial charge in [-0.2, -0.15) is 0 Å². The van der Waals surface area contributed by atoms with Gasteiger partial charge in [0, 0.05) is 28.8 Å². The summed E-state index contributed by atoms with van der Waals surface area (Å²) in [6, 6.07) is 8.26. The summed E-state index contributed by atoms with van der Waals surface area (Å²) in [7, 11) is 1.37. The molecule has 0 saturated carbocycles. The number of nitrogens with two attached hydrogens (primary N) is 1. The van der Waals surface area contributed by atoms with Gasteiger partial charge in [0.05, 0.1) is 41.4 Å². The Balaban J connectivity index is 1.84. The fraction of sp³-hybridized carbons (Fsp3) is 0.286. The van der Waals surface area contributed by atoms with Gasteiger partial charge < -0.3 is 15.0 Å². The molecule has 1 amide bonds. The van der Waals surface area contributed by atoms with Gasteiger partial charge in [-0.05, 0) is 19.1 Å². The molecule has 0 aliphatic carbocycles. The average molecular weight is 448 g/mol. The predicted octanol–water partition coefficient (Wildman–Crippen LogP) is 3.66. The van der Waals surface area contributed by atoms with Gasteiger partial charge in [0.1, 0.15) is 5.82 Å². The molecule has 0 fully saturated rings. The van der Waals surface area contributed by atoms with Gasteiger partial charge in [0.15, 0.2) is 0 Å². The second kappa shape index (κ2) is 9.90. The van der Waals surface area contributed by atoms with Crippen molar-refractivity contribution in [3.8, 4) is 11.4 Å². The summed E-state index contributed by atoms with van der Waals surface area (Å²) in [5.74, 6) is -0.0413. The molecule has 0 unspecified atom stereocenters. The Morgan fingerprint density at radius 3 is 2.80 bits per heavy atom. The number of amides is 1. The predicted molar refractivity (Wildman–Crippen MR) is 117 cm³/mol. The monoisotopic (exact) mass is 447 g/mol. The third kappa shape index (κ3) is 5.09. The average Bonchev–Trinajstić information content (AvgIpc) is 3.31. The largest absolute Gasteiger partial charge is 0.468 e. The maximum absolute atomic E-state index is 14.2. The maximum Gasteiger partial charge on any atom is 0.315 e. The second-order valence-electron chi connectivity index (χ2n) is 6.58. The zero-order chi connectivity index (χ0) is 21.7. The Bertz CT molecular complexity index is 1060. The van der Waals surface area contributed by atoms with Crippen molar-refractivity contribution >= 4 is 35.0 Å². The van der Waals surface area contributed by atoms with Crippen LogP contribution in [0.1, 0.15) is 26.6 Å². The molecule has 0 aliphatic rings. The number of aryl methyl sites for hydroxylation is 1. The van der Waals surface area contributed by atoms with Crippen molar-refractivity contribution in [3.63, 3.8) is 0 Å². The van der Waals surface area contributed by atoms with E-state index in [1.807, 2.05) is 9.95 Å². The number of ether oxygens (including phenoxy) is 1. The smallest absolute Gasteiger partial charge is 0.315 e. The first-order valence-electron chi connectivity index (χ1n) is 9.23. The van der Waals surface area contributed by atoms with Crippen LogP contribution < -0.4 is 5.73 Å². The molecule has 0 spiro atoms. The van der Waals surface area contributed by atoms with Crippen molar-refractivity contribution in [2.45, 2.75) is 19.9 Å². The zero-order valence-electron chi connectivity index (χ0n) is 16.7. The molecule has 0 aliphatic heterocycles. The Hall–Kier alpha value is -2.65. The Kier molecular flexibility index (Phi) is 7.28. The van der Waals surface area contributed by atoms with Crippen LogP contribution in [-0.4, -0.2) is 40.0 Å². The van der Waals surface area contributed by atoms with Gasteiger partial charge >= 0.3 is 5.97 Å². The quantitative estimate of drug-likeness (QED) is 0.400. The topological polar surface area (TPSA) is 87.2 Å². The van der Waals surface area contributed by atoms with Crippen molar-refractivity contribution in [2.24, 2.45) is 5.73 Å². The fourth-order valence-corrected chi connectivity index (χ4v) is 4.71. The molecule has 2 aromatic heterocycles. The summed E-state index contributed by atoms with van der Waals surface area (Å²) in [5, 5.41) is 2.83. The molecule has 0 bridgehead atoms. The Morgan fingerprint density at radius 2 is 2.10 bits per heavy atom. The molecule has 3 rings (SSSR count). The summed E-state index contributed by atoms with van der Waals surface area (Å²) < 4.78 is 20.7. The molecule has 0 radical (unpaired) electrons. The van der Waals surface area contributed by atoms with Crippen LogP contribution in [0.4, 0.5) is 4.39 Å². The van der Waals surface area contributed by atoms with Gasteiger partial charge in [0.2, 0.25) is 0 Å². The van der Waals surface area contributed by atoms with E-state index in [1.54, 1.807) is 31.2 Å². The lowest BCUT2D eigenvalue weighted by atomic mass is 10.2. The minimum Gasteiger partial charge on any atom is -0.468 e. The number of carbonyl (C=O) groups is 2. The van der Waals surface area contributed by atoms with Gasteiger partial charge in [-0.3, -0.25) is 9.59 Å². The minimum absolute atomic E-state index is 0.250. The number of aromatic nitrogens is 2. The number of thiazole rings is 1. The molecule has 2 heterocycles. The number of hydrogen-bond donors (Lipinski definition) is 1. The van der Waals surface area contributed by atoms with Gasteiger partial charge in [-0.1, -0.05) is 18.2 Å². The molecular weight excluding hydrogens is 425 g/mol. The molecule has 0 saturated heterocycles. The maximum atomic E-state index is 14.2. The van der Waals surface area contributed by atoms with Crippen LogP contribution in [0, 0.1) is 12.7 Å². The van der Waals surface area contributed by atoms with E-state index in [9.17, 15) is 14.0 Å². The molecule has 3 aromatic rings.